The van der Waals surface area contributed by atoms with Crippen LogP contribution >= 0.6 is 0 Å². The zero-order chi connectivity index (χ0) is 21.0. The van der Waals surface area contributed by atoms with Crippen LogP contribution in [-0.4, -0.2) is 59.3 Å². The first-order valence-electron chi connectivity index (χ1n) is 9.48. The van der Waals surface area contributed by atoms with E-state index in [-0.39, 0.29) is 6.61 Å². The first kappa shape index (κ1) is 20.8. The van der Waals surface area contributed by atoms with E-state index < -0.39 is 5.60 Å². The second kappa shape index (κ2) is 8.62. The summed E-state index contributed by atoms with van der Waals surface area (Å²) in [6.07, 6.45) is 0. The van der Waals surface area contributed by atoms with Gasteiger partial charge >= 0.3 is 0 Å². The molecule has 0 amide bonds. The molecular formula is C20H28N6O3. The molecule has 0 spiro atoms. The standard InChI is InChI=1S/C20H28N6O3/c1-13-4-5-15(21)14(10-13)18(25-22)16-11-17(29-12-20(2,3)27)24-19(23-16)26-6-8-28-9-7-26/h4-5,10-11,27H,6-9,12,21-22H2,1-3H3. The minimum Gasteiger partial charge on any atom is -0.474 e. The fraction of sp³-hybridized carbons (Fsp3) is 0.450. The molecule has 0 unspecified atom stereocenters. The lowest BCUT2D eigenvalue weighted by Gasteiger charge is -2.27. The van der Waals surface area contributed by atoms with Crippen LogP contribution in [0.1, 0.15) is 30.7 Å². The Morgan fingerprint density at radius 2 is 2.00 bits per heavy atom. The van der Waals surface area contributed by atoms with Crippen molar-refractivity contribution in [1.29, 1.82) is 0 Å². The van der Waals surface area contributed by atoms with Crippen molar-refractivity contribution in [1.82, 2.24) is 9.97 Å². The van der Waals surface area contributed by atoms with Crippen molar-refractivity contribution in [2.75, 3.05) is 43.5 Å². The van der Waals surface area contributed by atoms with Gasteiger partial charge in [-0.15, -0.1) is 0 Å². The van der Waals surface area contributed by atoms with Gasteiger partial charge < -0.3 is 31.1 Å². The Morgan fingerprint density at radius 1 is 1.28 bits per heavy atom. The molecule has 1 aliphatic heterocycles. The molecule has 0 bridgehead atoms. The van der Waals surface area contributed by atoms with Crippen LogP contribution < -0.4 is 21.2 Å². The maximum absolute atomic E-state index is 10.0. The van der Waals surface area contributed by atoms with Crippen LogP contribution in [0.5, 0.6) is 5.88 Å². The average Bonchev–Trinajstić information content (AvgIpc) is 2.70. The van der Waals surface area contributed by atoms with Gasteiger partial charge in [0.2, 0.25) is 11.8 Å². The summed E-state index contributed by atoms with van der Waals surface area (Å²) in [4.78, 5) is 11.2. The van der Waals surface area contributed by atoms with Crippen LogP contribution in [0.4, 0.5) is 11.6 Å². The van der Waals surface area contributed by atoms with Crippen LogP contribution in [0.15, 0.2) is 29.4 Å². The van der Waals surface area contributed by atoms with E-state index in [9.17, 15) is 5.11 Å². The van der Waals surface area contributed by atoms with E-state index in [0.29, 0.717) is 60.8 Å². The number of benzene rings is 1. The Balaban J connectivity index is 2.04. The molecule has 1 aromatic heterocycles. The van der Waals surface area contributed by atoms with Crippen molar-refractivity contribution >= 4 is 17.3 Å². The molecule has 0 radical (unpaired) electrons. The highest BCUT2D eigenvalue weighted by Gasteiger charge is 2.21. The smallest absolute Gasteiger partial charge is 0.229 e. The molecular weight excluding hydrogens is 372 g/mol. The lowest BCUT2D eigenvalue weighted by atomic mass is 10.0. The maximum atomic E-state index is 10.0. The van der Waals surface area contributed by atoms with Crippen molar-refractivity contribution < 1.29 is 14.6 Å². The predicted octanol–water partition coefficient (Wildman–Crippen LogP) is 1.06. The average molecular weight is 400 g/mol. The molecule has 5 N–H and O–H groups in total. The van der Waals surface area contributed by atoms with Crippen molar-refractivity contribution in [3.63, 3.8) is 0 Å². The van der Waals surface area contributed by atoms with Crippen molar-refractivity contribution in [3.8, 4) is 5.88 Å². The molecule has 0 aliphatic carbocycles. The van der Waals surface area contributed by atoms with Crippen LogP contribution in [0.2, 0.25) is 0 Å². The summed E-state index contributed by atoms with van der Waals surface area (Å²) in [5, 5.41) is 14.0. The predicted molar refractivity (Wildman–Crippen MR) is 112 cm³/mol. The van der Waals surface area contributed by atoms with Crippen molar-refractivity contribution in [2.24, 2.45) is 10.9 Å². The fourth-order valence-electron chi connectivity index (χ4n) is 2.91. The SMILES string of the molecule is Cc1ccc(N)c(C(=NN)c2cc(OCC(C)(C)O)nc(N3CCOCC3)n2)c1. The highest BCUT2D eigenvalue weighted by molar-refractivity contribution is 6.14. The van der Waals surface area contributed by atoms with E-state index in [1.54, 1.807) is 19.9 Å². The molecule has 29 heavy (non-hydrogen) atoms. The van der Waals surface area contributed by atoms with Gasteiger partial charge in [-0.25, -0.2) is 4.98 Å². The van der Waals surface area contributed by atoms with Crippen LogP contribution in [0, 0.1) is 6.92 Å². The third-order valence-electron chi connectivity index (χ3n) is 4.39. The van der Waals surface area contributed by atoms with E-state index in [2.05, 4.69) is 15.1 Å². The number of aliphatic hydroxyl groups is 1. The molecule has 1 aliphatic rings. The second-order valence-corrected chi connectivity index (χ2v) is 7.66. The molecule has 1 aromatic carbocycles. The third kappa shape index (κ3) is 5.33. The number of nitrogens with two attached hydrogens (primary N) is 2. The summed E-state index contributed by atoms with van der Waals surface area (Å²) in [6, 6.07) is 7.30. The number of hydrogen-bond acceptors (Lipinski definition) is 9. The van der Waals surface area contributed by atoms with E-state index >= 15 is 0 Å². The molecule has 2 heterocycles. The minimum atomic E-state index is -1.00. The van der Waals surface area contributed by atoms with Gasteiger partial charge in [-0.05, 0) is 32.9 Å². The Kier molecular flexibility index (Phi) is 6.19. The summed E-state index contributed by atoms with van der Waals surface area (Å²) in [7, 11) is 0. The fourth-order valence-corrected chi connectivity index (χ4v) is 2.91. The number of hydrogen-bond donors (Lipinski definition) is 3. The monoisotopic (exact) mass is 400 g/mol. The minimum absolute atomic E-state index is 0.0771. The van der Waals surface area contributed by atoms with Crippen molar-refractivity contribution in [2.45, 2.75) is 26.4 Å². The second-order valence-electron chi connectivity index (χ2n) is 7.66. The Labute approximate surface area is 170 Å². The number of ether oxygens (including phenoxy) is 2. The number of nitrogen functional groups attached to an aromatic ring is 1. The lowest BCUT2D eigenvalue weighted by Crippen LogP contribution is -2.37. The van der Waals surface area contributed by atoms with Crippen LogP contribution in [0.3, 0.4) is 0 Å². The van der Waals surface area contributed by atoms with Crippen LogP contribution in [0.25, 0.3) is 0 Å². The zero-order valence-corrected chi connectivity index (χ0v) is 17.1. The van der Waals surface area contributed by atoms with Gasteiger partial charge in [-0.3, -0.25) is 0 Å². The quantitative estimate of drug-likeness (QED) is 0.284. The summed E-state index contributed by atoms with van der Waals surface area (Å²) in [6.45, 7) is 7.89. The van der Waals surface area contributed by atoms with Gasteiger partial charge in [0.05, 0.1) is 18.8 Å². The molecule has 0 saturated carbocycles. The molecule has 2 aromatic rings. The van der Waals surface area contributed by atoms with E-state index in [0.717, 1.165) is 5.56 Å². The van der Waals surface area contributed by atoms with E-state index in [1.165, 1.54) is 0 Å². The van der Waals surface area contributed by atoms with Gasteiger partial charge in [-0.2, -0.15) is 10.1 Å². The Bertz CT molecular complexity index is 888. The maximum Gasteiger partial charge on any atom is 0.229 e. The van der Waals surface area contributed by atoms with E-state index in [4.69, 9.17) is 21.1 Å². The van der Waals surface area contributed by atoms with Gasteiger partial charge in [0.15, 0.2) is 0 Å². The van der Waals surface area contributed by atoms with Crippen LogP contribution in [-0.2, 0) is 4.74 Å². The highest BCUT2D eigenvalue weighted by atomic mass is 16.5. The summed E-state index contributed by atoms with van der Waals surface area (Å²) < 4.78 is 11.2. The lowest BCUT2D eigenvalue weighted by molar-refractivity contribution is 0.0268. The molecule has 1 fully saturated rings. The summed E-state index contributed by atoms with van der Waals surface area (Å²) in [5.74, 6) is 6.55. The number of anilines is 2. The van der Waals surface area contributed by atoms with Gasteiger partial charge in [-0.1, -0.05) is 11.6 Å². The molecule has 1 saturated heterocycles. The first-order chi connectivity index (χ1) is 13.8. The number of hydrazone groups is 1. The first-order valence-corrected chi connectivity index (χ1v) is 9.48. The zero-order valence-electron chi connectivity index (χ0n) is 17.1. The summed E-state index contributed by atoms with van der Waals surface area (Å²) >= 11 is 0. The molecule has 156 valence electrons. The largest absolute Gasteiger partial charge is 0.474 e. The van der Waals surface area contributed by atoms with Gasteiger partial charge in [0.25, 0.3) is 0 Å². The third-order valence-corrected chi connectivity index (χ3v) is 4.39. The Hall–Kier alpha value is -2.91. The topological polar surface area (TPSA) is 132 Å². The normalized spacial score (nSPS) is 15.4. The van der Waals surface area contributed by atoms with E-state index in [1.807, 2.05) is 30.0 Å². The molecule has 3 rings (SSSR count). The Morgan fingerprint density at radius 3 is 2.66 bits per heavy atom. The number of nitrogens with zero attached hydrogens (tertiary/aromatic N) is 4. The number of aryl methyl sites for hydroxylation is 1. The number of morpholine rings is 1. The summed E-state index contributed by atoms with van der Waals surface area (Å²) in [5.41, 5.74) is 8.35. The molecule has 9 heteroatoms. The molecule has 9 nitrogen and oxygen atoms in total. The highest BCUT2D eigenvalue weighted by Crippen LogP contribution is 2.23. The van der Waals surface area contributed by atoms with Gasteiger partial charge in [0.1, 0.15) is 18.0 Å². The number of rotatable bonds is 6. The van der Waals surface area contributed by atoms with Crippen molar-refractivity contribution in [3.05, 3.63) is 41.1 Å². The molecule has 0 atom stereocenters. The number of aromatic nitrogens is 2. The van der Waals surface area contributed by atoms with Gasteiger partial charge in [0, 0.05) is 30.4 Å².